The first kappa shape index (κ1) is 24.0. The van der Waals surface area contributed by atoms with Crippen LogP contribution in [0.1, 0.15) is 65.9 Å². The number of likely N-dealkylation sites (tertiary alicyclic amines) is 1. The van der Waals surface area contributed by atoms with Crippen LogP contribution in [0.15, 0.2) is 30.3 Å². The summed E-state index contributed by atoms with van der Waals surface area (Å²) < 4.78 is 13.4. The van der Waals surface area contributed by atoms with Crippen molar-refractivity contribution in [3.63, 3.8) is 0 Å². The second-order valence-corrected chi connectivity index (χ2v) is 16.8. The molecule has 1 heterocycles. The Labute approximate surface area is 186 Å². The maximum atomic E-state index is 7.02. The van der Waals surface area contributed by atoms with Crippen molar-refractivity contribution in [3.8, 4) is 0 Å². The fraction of sp³-hybridized carbons (Fsp3) is 0.769. The summed E-state index contributed by atoms with van der Waals surface area (Å²) in [6.07, 6.45) is 5.13. The number of ether oxygens (including phenoxy) is 1. The lowest BCUT2D eigenvalue weighted by molar-refractivity contribution is -0.0947. The molecule has 3 nitrogen and oxygen atoms in total. The molecule has 0 spiro atoms. The Morgan fingerprint density at radius 3 is 2.40 bits per heavy atom. The van der Waals surface area contributed by atoms with Crippen molar-refractivity contribution >= 4 is 8.32 Å². The van der Waals surface area contributed by atoms with Crippen molar-refractivity contribution in [1.82, 2.24) is 4.90 Å². The van der Waals surface area contributed by atoms with Gasteiger partial charge < -0.3 is 14.1 Å². The van der Waals surface area contributed by atoms with Crippen LogP contribution in [-0.2, 0) is 15.8 Å². The van der Waals surface area contributed by atoms with E-state index in [2.05, 4.69) is 90.0 Å². The zero-order valence-electron chi connectivity index (χ0n) is 20.8. The number of rotatable bonds is 7. The van der Waals surface area contributed by atoms with Crippen molar-refractivity contribution in [2.24, 2.45) is 11.3 Å². The van der Waals surface area contributed by atoms with Gasteiger partial charge >= 0.3 is 0 Å². The van der Waals surface area contributed by atoms with Gasteiger partial charge in [-0.05, 0) is 69.8 Å². The van der Waals surface area contributed by atoms with Crippen LogP contribution in [0.25, 0.3) is 0 Å². The molecular formula is C26H45NO2Si. The summed E-state index contributed by atoms with van der Waals surface area (Å²) in [4.78, 5) is 2.63. The molecule has 2 aliphatic rings. The largest absolute Gasteiger partial charge is 0.412 e. The molecule has 1 aromatic rings. The van der Waals surface area contributed by atoms with Gasteiger partial charge in [-0.1, -0.05) is 57.5 Å². The standard InChI is InChI=1S/C26H45NO2Si/c1-24(2,3)30(7,8)29-25(4,5)22-17-26(16-12-15-23(26)27(6)18-22)20-28-19-21-13-10-9-11-14-21/h9-11,13-14,22-23H,12,15-20H2,1-8H3/t22?,23-,26-/m1/s1. The molecule has 1 aliphatic carbocycles. The minimum absolute atomic E-state index is 0.114. The summed E-state index contributed by atoms with van der Waals surface area (Å²) in [6, 6.07) is 11.2. The molecule has 1 aliphatic heterocycles. The molecule has 3 atom stereocenters. The molecular weight excluding hydrogens is 386 g/mol. The maximum absolute atomic E-state index is 7.02. The van der Waals surface area contributed by atoms with Crippen molar-refractivity contribution in [2.75, 3.05) is 20.2 Å². The van der Waals surface area contributed by atoms with Gasteiger partial charge in [0.2, 0.25) is 0 Å². The first-order chi connectivity index (χ1) is 13.9. The van der Waals surface area contributed by atoms with Crippen molar-refractivity contribution in [1.29, 1.82) is 0 Å². The van der Waals surface area contributed by atoms with Crippen LogP contribution < -0.4 is 0 Å². The fourth-order valence-electron chi connectivity index (χ4n) is 5.61. The number of piperidine rings is 1. The van der Waals surface area contributed by atoms with Gasteiger partial charge in [0.25, 0.3) is 0 Å². The number of hydrogen-bond donors (Lipinski definition) is 0. The van der Waals surface area contributed by atoms with Crippen molar-refractivity contribution in [2.45, 2.75) is 96.7 Å². The third kappa shape index (κ3) is 5.03. The average molecular weight is 432 g/mol. The first-order valence-electron chi connectivity index (χ1n) is 11.9. The number of nitrogens with zero attached hydrogens (tertiary/aromatic N) is 1. The highest BCUT2D eigenvalue weighted by Crippen LogP contribution is 2.52. The van der Waals surface area contributed by atoms with Gasteiger partial charge in [0.05, 0.1) is 18.8 Å². The van der Waals surface area contributed by atoms with E-state index in [-0.39, 0.29) is 16.1 Å². The van der Waals surface area contributed by atoms with Crippen LogP contribution >= 0.6 is 0 Å². The monoisotopic (exact) mass is 431 g/mol. The molecule has 1 saturated carbocycles. The molecule has 1 unspecified atom stereocenters. The molecule has 1 aromatic carbocycles. The van der Waals surface area contributed by atoms with Crippen LogP contribution in [0.5, 0.6) is 0 Å². The van der Waals surface area contributed by atoms with Gasteiger partial charge in [-0.25, -0.2) is 0 Å². The summed E-state index contributed by atoms with van der Waals surface area (Å²) in [6.45, 7) is 19.2. The molecule has 0 N–H and O–H groups in total. The average Bonchev–Trinajstić information content (AvgIpc) is 3.05. The second-order valence-electron chi connectivity index (χ2n) is 12.1. The minimum Gasteiger partial charge on any atom is -0.412 e. The summed E-state index contributed by atoms with van der Waals surface area (Å²) in [5, 5.41) is 0.233. The maximum Gasteiger partial charge on any atom is 0.192 e. The Hall–Kier alpha value is -0.683. The summed E-state index contributed by atoms with van der Waals surface area (Å²) in [7, 11) is 0.506. The predicted octanol–water partition coefficient (Wildman–Crippen LogP) is 6.49. The van der Waals surface area contributed by atoms with Crippen molar-refractivity contribution in [3.05, 3.63) is 35.9 Å². The summed E-state index contributed by atoms with van der Waals surface area (Å²) in [5.41, 5.74) is 1.42. The van der Waals surface area contributed by atoms with E-state index in [0.717, 1.165) is 13.2 Å². The lowest BCUT2D eigenvalue weighted by atomic mass is 9.68. The number of benzene rings is 1. The van der Waals surface area contributed by atoms with Crippen LogP contribution in [0, 0.1) is 11.3 Å². The smallest absolute Gasteiger partial charge is 0.192 e. The Morgan fingerprint density at radius 2 is 1.77 bits per heavy atom. The van der Waals surface area contributed by atoms with E-state index in [1.54, 1.807) is 0 Å². The molecule has 3 rings (SSSR count). The normalized spacial score (nSPS) is 28.5. The summed E-state index contributed by atoms with van der Waals surface area (Å²) in [5.74, 6) is 0.534. The van der Waals surface area contributed by atoms with E-state index in [1.807, 2.05) is 0 Å². The number of hydrogen-bond acceptors (Lipinski definition) is 3. The third-order valence-corrected chi connectivity index (χ3v) is 13.0. The van der Waals surface area contributed by atoms with E-state index >= 15 is 0 Å². The minimum atomic E-state index is -1.82. The van der Waals surface area contributed by atoms with E-state index in [4.69, 9.17) is 9.16 Å². The van der Waals surface area contributed by atoms with E-state index in [9.17, 15) is 0 Å². The van der Waals surface area contributed by atoms with E-state index in [0.29, 0.717) is 18.6 Å². The van der Waals surface area contributed by atoms with Gasteiger partial charge in [0.15, 0.2) is 8.32 Å². The topological polar surface area (TPSA) is 21.7 Å². The van der Waals surface area contributed by atoms with Gasteiger partial charge in [0, 0.05) is 18.0 Å². The van der Waals surface area contributed by atoms with Gasteiger partial charge in [-0.15, -0.1) is 0 Å². The lowest BCUT2D eigenvalue weighted by Crippen LogP contribution is -2.59. The zero-order valence-corrected chi connectivity index (χ0v) is 21.8. The molecule has 0 amide bonds. The first-order valence-corrected chi connectivity index (χ1v) is 14.8. The Bertz CT molecular complexity index is 697. The van der Waals surface area contributed by atoms with Crippen LogP contribution in [-0.4, -0.2) is 45.1 Å². The van der Waals surface area contributed by atoms with Crippen LogP contribution in [0.3, 0.4) is 0 Å². The molecule has 0 bridgehead atoms. The third-order valence-electron chi connectivity index (χ3n) is 8.36. The predicted molar refractivity (Wildman–Crippen MR) is 129 cm³/mol. The Kier molecular flexibility index (Phi) is 6.94. The highest BCUT2D eigenvalue weighted by atomic mass is 28.4. The van der Waals surface area contributed by atoms with Gasteiger partial charge in [0.1, 0.15) is 0 Å². The molecule has 0 aromatic heterocycles. The van der Waals surface area contributed by atoms with E-state index in [1.165, 1.54) is 31.2 Å². The quantitative estimate of drug-likeness (QED) is 0.460. The highest BCUT2D eigenvalue weighted by molar-refractivity contribution is 6.74. The second kappa shape index (κ2) is 8.69. The molecule has 1 saturated heterocycles. The highest BCUT2D eigenvalue weighted by Gasteiger charge is 2.54. The molecule has 30 heavy (non-hydrogen) atoms. The SMILES string of the molecule is CN1CC(C(C)(C)O[Si](C)(C)C(C)(C)C)C[C@@]2(COCc3ccccc3)CCC[C@@H]12. The fourth-order valence-corrected chi connectivity index (χ4v) is 7.40. The van der Waals surface area contributed by atoms with E-state index < -0.39 is 8.32 Å². The molecule has 4 heteroatoms. The Balaban J connectivity index is 1.73. The zero-order chi connectivity index (χ0) is 22.2. The van der Waals surface area contributed by atoms with Crippen LogP contribution in [0.2, 0.25) is 18.1 Å². The van der Waals surface area contributed by atoms with Gasteiger partial charge in [-0.3, -0.25) is 0 Å². The molecule has 2 fully saturated rings. The van der Waals surface area contributed by atoms with Gasteiger partial charge in [-0.2, -0.15) is 0 Å². The number of fused-ring (bicyclic) bond motifs is 1. The lowest BCUT2D eigenvalue weighted by Gasteiger charge is -2.54. The van der Waals surface area contributed by atoms with Crippen molar-refractivity contribution < 1.29 is 9.16 Å². The van der Waals surface area contributed by atoms with Crippen LogP contribution in [0.4, 0.5) is 0 Å². The molecule has 170 valence electrons. The molecule has 0 radical (unpaired) electrons. The summed E-state index contributed by atoms with van der Waals surface area (Å²) >= 11 is 0. The Morgan fingerprint density at radius 1 is 1.10 bits per heavy atom.